The molecular weight excluding hydrogens is 313 g/mol. The molecule has 0 radical (unpaired) electrons. The number of amides is 1. The molecule has 6 nitrogen and oxygen atoms in total. The Morgan fingerprint density at radius 2 is 2.14 bits per heavy atom. The molecule has 0 saturated heterocycles. The van der Waals surface area contributed by atoms with Crippen molar-refractivity contribution in [1.82, 2.24) is 14.8 Å². The van der Waals surface area contributed by atoms with Gasteiger partial charge in [-0.05, 0) is 24.6 Å². The first-order valence-corrected chi connectivity index (χ1v) is 6.86. The number of aromatic nitrogens is 3. The van der Waals surface area contributed by atoms with Crippen molar-refractivity contribution < 1.29 is 4.79 Å². The number of nitrogens with two attached hydrogens (primary N) is 1. The molecule has 3 N–H and O–H groups in total. The van der Waals surface area contributed by atoms with Gasteiger partial charge in [0.2, 0.25) is 11.9 Å². The molecule has 0 unspecified atom stereocenters. The van der Waals surface area contributed by atoms with Crippen molar-refractivity contribution in [3.63, 3.8) is 0 Å². The molecule has 0 saturated carbocycles. The van der Waals surface area contributed by atoms with Crippen LogP contribution in [0.4, 0.5) is 5.95 Å². The van der Waals surface area contributed by atoms with Crippen LogP contribution < -0.4 is 11.1 Å². The topological polar surface area (TPSA) is 85.8 Å². The molecule has 1 aliphatic heterocycles. The standard InChI is InChI=1S/C13H11Cl2N5O/c1-6-10(12(16)21)11(20-13(19-6)17-5-18-20)7-2-3-8(14)9(15)4-7/h2-5,11H,1H3,(H2,16,21)(H,17,18,19)/t11-/m0/s1. The van der Waals surface area contributed by atoms with Crippen LogP contribution in [0.1, 0.15) is 18.5 Å². The zero-order valence-electron chi connectivity index (χ0n) is 11.0. The van der Waals surface area contributed by atoms with Crippen molar-refractivity contribution in [3.8, 4) is 0 Å². The largest absolute Gasteiger partial charge is 0.366 e. The molecule has 1 atom stereocenters. The number of fused-ring (bicyclic) bond motifs is 1. The maximum absolute atomic E-state index is 11.8. The van der Waals surface area contributed by atoms with Crippen LogP contribution in [0, 0.1) is 0 Å². The van der Waals surface area contributed by atoms with Gasteiger partial charge in [-0.25, -0.2) is 4.68 Å². The summed E-state index contributed by atoms with van der Waals surface area (Å²) in [5.74, 6) is 0.00537. The predicted molar refractivity (Wildman–Crippen MR) is 80.1 cm³/mol. The molecule has 0 spiro atoms. The summed E-state index contributed by atoms with van der Waals surface area (Å²) in [5, 5.41) is 8.00. The van der Waals surface area contributed by atoms with Gasteiger partial charge in [-0.3, -0.25) is 4.79 Å². The van der Waals surface area contributed by atoms with E-state index in [-0.39, 0.29) is 0 Å². The number of hydrogen-bond donors (Lipinski definition) is 2. The van der Waals surface area contributed by atoms with E-state index in [4.69, 9.17) is 28.9 Å². The van der Waals surface area contributed by atoms with Crippen molar-refractivity contribution in [1.29, 1.82) is 0 Å². The van der Waals surface area contributed by atoms with Crippen LogP contribution in [0.25, 0.3) is 0 Å². The second-order valence-electron chi connectivity index (χ2n) is 4.63. The number of allylic oxidation sites excluding steroid dienone is 1. The number of nitrogens with zero attached hydrogens (tertiary/aromatic N) is 3. The molecule has 1 amide bonds. The molecular formula is C13H11Cl2N5O. The lowest BCUT2D eigenvalue weighted by Crippen LogP contribution is -2.31. The Balaban J connectivity index is 2.21. The third kappa shape index (κ3) is 2.26. The Hall–Kier alpha value is -2.05. The molecule has 0 aliphatic carbocycles. The quantitative estimate of drug-likeness (QED) is 0.888. The van der Waals surface area contributed by atoms with Gasteiger partial charge in [-0.1, -0.05) is 29.3 Å². The maximum Gasteiger partial charge on any atom is 0.248 e. The fourth-order valence-corrected chi connectivity index (χ4v) is 2.71. The average Bonchev–Trinajstić information content (AvgIpc) is 2.87. The minimum Gasteiger partial charge on any atom is -0.366 e. The van der Waals surface area contributed by atoms with Gasteiger partial charge in [0.05, 0.1) is 15.6 Å². The molecule has 3 rings (SSSR count). The summed E-state index contributed by atoms with van der Waals surface area (Å²) in [4.78, 5) is 15.9. The van der Waals surface area contributed by atoms with E-state index in [1.165, 1.54) is 6.33 Å². The monoisotopic (exact) mass is 323 g/mol. The SMILES string of the molecule is CC1=C(C(N)=O)[C@H](c2ccc(Cl)c(Cl)c2)n2ncnc2N1. The Labute approximate surface area is 130 Å². The van der Waals surface area contributed by atoms with Crippen molar-refractivity contribution in [3.05, 3.63) is 51.4 Å². The van der Waals surface area contributed by atoms with Crippen molar-refractivity contribution in [2.45, 2.75) is 13.0 Å². The van der Waals surface area contributed by atoms with Crippen molar-refractivity contribution >= 4 is 35.1 Å². The summed E-state index contributed by atoms with van der Waals surface area (Å²) in [6, 6.07) is 4.66. The fraction of sp³-hybridized carbons (Fsp3) is 0.154. The molecule has 108 valence electrons. The van der Waals surface area contributed by atoms with Gasteiger partial charge in [-0.2, -0.15) is 10.1 Å². The molecule has 1 aromatic carbocycles. The van der Waals surface area contributed by atoms with Gasteiger partial charge in [0.1, 0.15) is 12.4 Å². The number of carbonyl (C=O) groups excluding carboxylic acids is 1. The van der Waals surface area contributed by atoms with E-state index in [0.717, 1.165) is 5.56 Å². The lowest BCUT2D eigenvalue weighted by molar-refractivity contribution is -0.115. The van der Waals surface area contributed by atoms with E-state index in [9.17, 15) is 4.79 Å². The van der Waals surface area contributed by atoms with E-state index < -0.39 is 11.9 Å². The summed E-state index contributed by atoms with van der Waals surface area (Å²) in [6.45, 7) is 1.77. The first-order chi connectivity index (χ1) is 9.99. The van der Waals surface area contributed by atoms with Gasteiger partial charge in [0, 0.05) is 5.70 Å². The molecule has 0 fully saturated rings. The van der Waals surface area contributed by atoms with Crippen molar-refractivity contribution in [2.24, 2.45) is 5.73 Å². The Kier molecular flexibility index (Phi) is 3.35. The van der Waals surface area contributed by atoms with Gasteiger partial charge < -0.3 is 11.1 Å². The van der Waals surface area contributed by atoms with E-state index in [0.29, 0.717) is 27.3 Å². The summed E-state index contributed by atoms with van der Waals surface area (Å²) in [6.07, 6.45) is 1.41. The second-order valence-corrected chi connectivity index (χ2v) is 5.45. The number of anilines is 1. The first-order valence-electron chi connectivity index (χ1n) is 6.11. The van der Waals surface area contributed by atoms with Gasteiger partial charge >= 0.3 is 0 Å². The van der Waals surface area contributed by atoms with Gasteiger partial charge in [0.15, 0.2) is 0 Å². The highest BCUT2D eigenvalue weighted by molar-refractivity contribution is 6.42. The molecule has 1 aliphatic rings. The number of carbonyl (C=O) groups is 1. The third-order valence-corrected chi connectivity index (χ3v) is 4.06. The highest BCUT2D eigenvalue weighted by Crippen LogP contribution is 2.36. The van der Waals surface area contributed by atoms with Crippen LogP contribution in [-0.2, 0) is 4.79 Å². The molecule has 2 heterocycles. The van der Waals surface area contributed by atoms with Gasteiger partial charge in [0.25, 0.3) is 0 Å². The molecule has 0 bridgehead atoms. The number of primary amides is 1. The predicted octanol–water partition coefficient (Wildman–Crippen LogP) is 2.36. The van der Waals surface area contributed by atoms with Crippen LogP contribution in [-0.4, -0.2) is 20.7 Å². The molecule has 8 heteroatoms. The number of hydrogen-bond acceptors (Lipinski definition) is 4. The van der Waals surface area contributed by atoms with E-state index in [2.05, 4.69) is 15.4 Å². The lowest BCUT2D eigenvalue weighted by Gasteiger charge is -2.27. The highest BCUT2D eigenvalue weighted by atomic mass is 35.5. The van der Waals surface area contributed by atoms with Crippen molar-refractivity contribution in [2.75, 3.05) is 5.32 Å². The lowest BCUT2D eigenvalue weighted by atomic mass is 9.95. The second kappa shape index (κ2) is 5.05. The summed E-state index contributed by atoms with van der Waals surface area (Å²) < 4.78 is 1.59. The summed E-state index contributed by atoms with van der Waals surface area (Å²) >= 11 is 12.0. The van der Waals surface area contributed by atoms with Crippen LogP contribution in [0.15, 0.2) is 35.8 Å². The minimum absolute atomic E-state index is 0.399. The van der Waals surface area contributed by atoms with Crippen LogP contribution in [0.2, 0.25) is 10.0 Å². The number of benzene rings is 1. The molecule has 1 aromatic heterocycles. The highest BCUT2D eigenvalue weighted by Gasteiger charge is 2.32. The Morgan fingerprint density at radius 1 is 1.38 bits per heavy atom. The number of nitrogens with one attached hydrogen (secondary N) is 1. The van der Waals surface area contributed by atoms with Crippen LogP contribution in [0.5, 0.6) is 0 Å². The first kappa shape index (κ1) is 13.9. The van der Waals surface area contributed by atoms with Gasteiger partial charge in [-0.15, -0.1) is 0 Å². The summed E-state index contributed by atoms with van der Waals surface area (Å²) in [5.41, 5.74) is 7.32. The maximum atomic E-state index is 11.8. The smallest absolute Gasteiger partial charge is 0.248 e. The fourth-order valence-electron chi connectivity index (χ4n) is 2.40. The van der Waals surface area contributed by atoms with E-state index in [1.807, 2.05) is 0 Å². The number of rotatable bonds is 2. The Bertz CT molecular complexity index is 768. The average molecular weight is 324 g/mol. The van der Waals surface area contributed by atoms with E-state index >= 15 is 0 Å². The van der Waals surface area contributed by atoms with E-state index in [1.54, 1.807) is 29.8 Å². The van der Waals surface area contributed by atoms with Crippen LogP contribution in [0.3, 0.4) is 0 Å². The molecule has 2 aromatic rings. The molecule has 21 heavy (non-hydrogen) atoms. The third-order valence-electron chi connectivity index (χ3n) is 3.32. The van der Waals surface area contributed by atoms with Crippen LogP contribution >= 0.6 is 23.2 Å². The minimum atomic E-state index is -0.530. The zero-order valence-corrected chi connectivity index (χ0v) is 12.5. The number of halogens is 2. The normalized spacial score (nSPS) is 17.4. The zero-order chi connectivity index (χ0) is 15.1. The summed E-state index contributed by atoms with van der Waals surface area (Å²) in [7, 11) is 0. The Morgan fingerprint density at radius 3 is 2.81 bits per heavy atom.